The van der Waals surface area contributed by atoms with Crippen LogP contribution in [0.1, 0.15) is 5.82 Å². The van der Waals surface area contributed by atoms with Crippen LogP contribution in [0.4, 0.5) is 0 Å². The van der Waals surface area contributed by atoms with Gasteiger partial charge in [-0.3, -0.25) is 4.79 Å². The molecule has 0 radical (unpaired) electrons. The molecule has 2 aromatic heterocycles. The summed E-state index contributed by atoms with van der Waals surface area (Å²) >= 11 is 3.39. The van der Waals surface area contributed by atoms with Gasteiger partial charge in [0.2, 0.25) is 0 Å². The first-order valence-electron chi connectivity index (χ1n) is 5.65. The molecule has 0 aliphatic rings. The van der Waals surface area contributed by atoms with Crippen molar-refractivity contribution in [3.63, 3.8) is 0 Å². The minimum atomic E-state index is -0.0481. The molecule has 19 heavy (non-hydrogen) atoms. The van der Waals surface area contributed by atoms with Crippen LogP contribution >= 0.6 is 15.9 Å². The third-order valence-corrected chi connectivity index (χ3v) is 3.45. The number of aryl methyl sites for hydroxylation is 1. The molecule has 0 unspecified atom stereocenters. The Morgan fingerprint density at radius 1 is 1.32 bits per heavy atom. The minimum absolute atomic E-state index is 0.0481. The van der Waals surface area contributed by atoms with Crippen LogP contribution in [0.5, 0.6) is 0 Å². The first kappa shape index (κ1) is 12.0. The Balaban J connectivity index is 2.11. The van der Waals surface area contributed by atoms with E-state index in [4.69, 9.17) is 0 Å². The molecule has 0 spiro atoms. The van der Waals surface area contributed by atoms with Gasteiger partial charge in [0.25, 0.3) is 5.56 Å². The Labute approximate surface area is 116 Å². The summed E-state index contributed by atoms with van der Waals surface area (Å²) in [5.41, 5.74) is -0.0481. The van der Waals surface area contributed by atoms with Crippen molar-refractivity contribution in [2.45, 2.75) is 6.54 Å². The van der Waals surface area contributed by atoms with Crippen LogP contribution in [0.25, 0.3) is 10.8 Å². The van der Waals surface area contributed by atoms with Crippen LogP contribution in [0.15, 0.2) is 39.7 Å². The molecule has 2 heterocycles. The number of pyridine rings is 1. The number of aromatic nitrogens is 5. The van der Waals surface area contributed by atoms with Crippen molar-refractivity contribution in [1.82, 2.24) is 24.8 Å². The Morgan fingerprint density at radius 2 is 2.16 bits per heavy atom. The van der Waals surface area contributed by atoms with Crippen molar-refractivity contribution < 1.29 is 0 Å². The molecular formula is C12H10BrN5O. The fourth-order valence-corrected chi connectivity index (χ4v) is 2.30. The molecule has 0 saturated carbocycles. The van der Waals surface area contributed by atoms with Gasteiger partial charge < -0.3 is 4.57 Å². The Morgan fingerprint density at radius 3 is 2.89 bits per heavy atom. The van der Waals surface area contributed by atoms with Crippen LogP contribution in [0, 0.1) is 0 Å². The van der Waals surface area contributed by atoms with Gasteiger partial charge in [0.1, 0.15) is 0 Å². The van der Waals surface area contributed by atoms with E-state index in [0.717, 1.165) is 9.86 Å². The van der Waals surface area contributed by atoms with E-state index in [1.165, 1.54) is 0 Å². The zero-order valence-corrected chi connectivity index (χ0v) is 11.7. The molecule has 0 amide bonds. The fraction of sp³-hybridized carbons (Fsp3) is 0.167. The zero-order chi connectivity index (χ0) is 13.4. The summed E-state index contributed by atoms with van der Waals surface area (Å²) in [6.07, 6.45) is 1.76. The number of benzene rings is 1. The lowest BCUT2D eigenvalue weighted by molar-refractivity contribution is 0.637. The van der Waals surface area contributed by atoms with Crippen LogP contribution in [0.3, 0.4) is 0 Å². The number of tetrazole rings is 1. The Kier molecular flexibility index (Phi) is 2.90. The number of nitrogens with zero attached hydrogens (tertiary/aromatic N) is 5. The van der Waals surface area contributed by atoms with E-state index in [1.807, 2.05) is 24.3 Å². The first-order valence-corrected chi connectivity index (χ1v) is 6.44. The normalized spacial score (nSPS) is 11.1. The lowest BCUT2D eigenvalue weighted by Gasteiger charge is -2.06. The van der Waals surface area contributed by atoms with Gasteiger partial charge >= 0.3 is 0 Å². The molecule has 0 bridgehead atoms. The highest BCUT2D eigenvalue weighted by molar-refractivity contribution is 9.10. The van der Waals surface area contributed by atoms with E-state index >= 15 is 0 Å². The molecule has 3 rings (SSSR count). The summed E-state index contributed by atoms with van der Waals surface area (Å²) < 4.78 is 4.11. The number of rotatable bonds is 2. The summed E-state index contributed by atoms with van der Waals surface area (Å²) in [5.74, 6) is 0.638. The second-order valence-electron chi connectivity index (χ2n) is 4.20. The standard InChI is InChI=1S/C12H10BrN5O/c1-17-11(14-15-16-17)7-18-5-4-8-6-9(13)2-3-10(8)12(18)19/h2-6H,7H2,1H3. The van der Waals surface area contributed by atoms with E-state index in [2.05, 4.69) is 31.5 Å². The topological polar surface area (TPSA) is 65.6 Å². The maximum absolute atomic E-state index is 12.3. The predicted molar refractivity (Wildman–Crippen MR) is 73.8 cm³/mol. The van der Waals surface area contributed by atoms with E-state index in [0.29, 0.717) is 17.8 Å². The second kappa shape index (κ2) is 4.58. The van der Waals surface area contributed by atoms with E-state index in [1.54, 1.807) is 22.5 Å². The number of hydrogen-bond donors (Lipinski definition) is 0. The molecule has 0 fully saturated rings. The van der Waals surface area contributed by atoms with Crippen LogP contribution in [-0.4, -0.2) is 24.8 Å². The monoisotopic (exact) mass is 319 g/mol. The summed E-state index contributed by atoms with van der Waals surface area (Å²) in [6.45, 7) is 0.355. The summed E-state index contributed by atoms with van der Waals surface area (Å²) in [7, 11) is 1.75. The van der Waals surface area contributed by atoms with Gasteiger partial charge in [-0.1, -0.05) is 15.9 Å². The van der Waals surface area contributed by atoms with Crippen LogP contribution in [0.2, 0.25) is 0 Å². The van der Waals surface area contributed by atoms with Crippen molar-refractivity contribution in [3.8, 4) is 0 Å². The number of hydrogen-bond acceptors (Lipinski definition) is 4. The largest absolute Gasteiger partial charge is 0.307 e. The highest BCUT2D eigenvalue weighted by atomic mass is 79.9. The average Bonchev–Trinajstić information content (AvgIpc) is 2.78. The van der Waals surface area contributed by atoms with Crippen LogP contribution in [-0.2, 0) is 13.6 Å². The van der Waals surface area contributed by atoms with Gasteiger partial charge in [-0.05, 0) is 40.1 Å². The van der Waals surface area contributed by atoms with Gasteiger partial charge in [-0.25, -0.2) is 4.68 Å². The lowest BCUT2D eigenvalue weighted by atomic mass is 10.2. The Bertz CT molecular complexity index is 807. The second-order valence-corrected chi connectivity index (χ2v) is 5.11. The maximum Gasteiger partial charge on any atom is 0.258 e. The first-order chi connectivity index (χ1) is 9.15. The average molecular weight is 320 g/mol. The van der Waals surface area contributed by atoms with Crippen molar-refractivity contribution in [3.05, 3.63) is 51.1 Å². The quantitative estimate of drug-likeness (QED) is 0.715. The van der Waals surface area contributed by atoms with E-state index < -0.39 is 0 Å². The lowest BCUT2D eigenvalue weighted by Crippen LogP contribution is -2.21. The molecular weight excluding hydrogens is 310 g/mol. The molecule has 7 heteroatoms. The number of halogens is 1. The maximum atomic E-state index is 12.3. The number of fused-ring (bicyclic) bond motifs is 1. The van der Waals surface area contributed by atoms with Gasteiger partial charge in [-0.2, -0.15) is 0 Å². The van der Waals surface area contributed by atoms with E-state index in [9.17, 15) is 4.79 Å². The summed E-state index contributed by atoms with van der Waals surface area (Å²) in [4.78, 5) is 12.3. The third-order valence-electron chi connectivity index (χ3n) is 2.96. The van der Waals surface area contributed by atoms with Crippen molar-refractivity contribution >= 4 is 26.7 Å². The SMILES string of the molecule is Cn1nnnc1Cn1ccc2cc(Br)ccc2c1=O. The molecule has 0 atom stereocenters. The third kappa shape index (κ3) is 2.17. The summed E-state index contributed by atoms with van der Waals surface area (Å²) in [5, 5.41) is 12.8. The molecule has 0 aliphatic carbocycles. The van der Waals surface area contributed by atoms with E-state index in [-0.39, 0.29) is 5.56 Å². The van der Waals surface area contributed by atoms with Crippen LogP contribution < -0.4 is 5.56 Å². The fourth-order valence-electron chi connectivity index (χ4n) is 1.92. The molecule has 96 valence electrons. The molecule has 0 aliphatic heterocycles. The minimum Gasteiger partial charge on any atom is -0.307 e. The molecule has 1 aromatic carbocycles. The molecule has 6 nitrogen and oxygen atoms in total. The highest BCUT2D eigenvalue weighted by Gasteiger charge is 2.07. The highest BCUT2D eigenvalue weighted by Crippen LogP contribution is 2.16. The van der Waals surface area contributed by atoms with Gasteiger partial charge in [0.05, 0.1) is 6.54 Å². The predicted octanol–water partition coefficient (Wildman–Crippen LogP) is 1.34. The molecule has 0 saturated heterocycles. The smallest absolute Gasteiger partial charge is 0.258 e. The van der Waals surface area contributed by atoms with Crippen molar-refractivity contribution in [2.24, 2.45) is 7.05 Å². The van der Waals surface area contributed by atoms with Gasteiger partial charge in [0, 0.05) is 23.1 Å². The Hall–Kier alpha value is -2.02. The molecule has 0 N–H and O–H groups in total. The molecule has 3 aromatic rings. The van der Waals surface area contributed by atoms with Gasteiger partial charge in [0.15, 0.2) is 5.82 Å². The summed E-state index contributed by atoms with van der Waals surface area (Å²) in [6, 6.07) is 7.50. The van der Waals surface area contributed by atoms with Gasteiger partial charge in [-0.15, -0.1) is 5.10 Å². The van der Waals surface area contributed by atoms with Crippen molar-refractivity contribution in [1.29, 1.82) is 0 Å². The zero-order valence-electron chi connectivity index (χ0n) is 10.1. The van der Waals surface area contributed by atoms with Crippen molar-refractivity contribution in [2.75, 3.05) is 0 Å².